The van der Waals surface area contributed by atoms with Crippen molar-refractivity contribution >= 4 is 39.9 Å². The number of halogens is 2. The van der Waals surface area contributed by atoms with Crippen molar-refractivity contribution in [3.05, 3.63) is 38.2 Å². The second kappa shape index (κ2) is 3.94. The number of benzene rings is 1. The summed E-state index contributed by atoms with van der Waals surface area (Å²) in [4.78, 5) is 24.4. The Morgan fingerprint density at radius 1 is 1.18 bits per heavy atom. The summed E-state index contributed by atoms with van der Waals surface area (Å²) < 4.78 is 0. The Labute approximate surface area is 104 Å². The van der Waals surface area contributed by atoms with E-state index in [9.17, 15) is 14.7 Å². The van der Waals surface area contributed by atoms with Gasteiger partial charge in [-0.2, -0.15) is 0 Å². The first-order chi connectivity index (χ1) is 7.91. The number of aromatic nitrogens is 1. The first kappa shape index (κ1) is 11.8. The normalized spacial score (nSPS) is 10.7. The van der Waals surface area contributed by atoms with Crippen LogP contribution >= 0.6 is 23.2 Å². The smallest absolute Gasteiger partial charge is 0.356 e. The van der Waals surface area contributed by atoms with Gasteiger partial charge >= 0.3 is 5.97 Å². The molecule has 0 radical (unpaired) electrons. The molecular weight excluding hydrogens is 269 g/mol. The summed E-state index contributed by atoms with van der Waals surface area (Å²) in [5, 5.41) is 18.9. The molecule has 1 aromatic carbocycles. The molecule has 0 fully saturated rings. The fourth-order valence-electron chi connectivity index (χ4n) is 1.46. The van der Waals surface area contributed by atoms with E-state index in [4.69, 9.17) is 28.3 Å². The fraction of sp³-hybridized carbons (Fsp3) is 0. The predicted octanol–water partition coefficient (Wildman–Crippen LogP) is 2.24. The molecule has 0 unspecified atom stereocenters. The van der Waals surface area contributed by atoms with Gasteiger partial charge in [0.05, 0.1) is 15.4 Å². The number of rotatable bonds is 1. The van der Waals surface area contributed by atoms with Crippen molar-refractivity contribution in [2.75, 3.05) is 0 Å². The number of carbonyl (C=O) groups is 1. The highest BCUT2D eigenvalue weighted by atomic mass is 35.5. The van der Waals surface area contributed by atoms with E-state index in [2.05, 4.69) is 4.98 Å². The summed E-state index contributed by atoms with van der Waals surface area (Å²) in [5.74, 6) is -1.99. The van der Waals surface area contributed by atoms with E-state index in [1.807, 2.05) is 0 Å². The molecule has 2 rings (SSSR count). The molecule has 0 spiro atoms. The van der Waals surface area contributed by atoms with E-state index in [0.29, 0.717) is 0 Å². The van der Waals surface area contributed by atoms with Crippen molar-refractivity contribution in [1.29, 1.82) is 0 Å². The van der Waals surface area contributed by atoms with Crippen LogP contribution in [0.25, 0.3) is 10.8 Å². The number of carboxylic acids is 1. The van der Waals surface area contributed by atoms with Crippen molar-refractivity contribution in [1.82, 2.24) is 4.98 Å². The van der Waals surface area contributed by atoms with Crippen LogP contribution in [-0.4, -0.2) is 21.2 Å². The summed E-state index contributed by atoms with van der Waals surface area (Å²) in [6, 6.07) is 2.51. The Hall–Kier alpha value is -1.72. The van der Waals surface area contributed by atoms with E-state index < -0.39 is 23.0 Å². The molecule has 1 heterocycles. The summed E-state index contributed by atoms with van der Waals surface area (Å²) in [5.41, 5.74) is -1.24. The van der Waals surface area contributed by atoms with Crippen LogP contribution in [-0.2, 0) is 0 Å². The maximum Gasteiger partial charge on any atom is 0.356 e. The Morgan fingerprint density at radius 3 is 2.24 bits per heavy atom. The van der Waals surface area contributed by atoms with E-state index in [0.717, 1.165) is 0 Å². The molecular formula is C10H5Cl2NO4. The third kappa shape index (κ3) is 1.83. The predicted molar refractivity (Wildman–Crippen MR) is 63.2 cm³/mol. The topological polar surface area (TPSA) is 90.4 Å². The highest BCUT2D eigenvalue weighted by molar-refractivity contribution is 6.42. The highest BCUT2D eigenvalue weighted by Crippen LogP contribution is 2.31. The van der Waals surface area contributed by atoms with Gasteiger partial charge in [-0.25, -0.2) is 4.79 Å². The average molecular weight is 274 g/mol. The first-order valence-electron chi connectivity index (χ1n) is 4.39. The molecule has 0 aliphatic heterocycles. The summed E-state index contributed by atoms with van der Waals surface area (Å²) in [6.45, 7) is 0. The molecule has 7 heteroatoms. The van der Waals surface area contributed by atoms with Crippen molar-refractivity contribution in [3.63, 3.8) is 0 Å². The largest absolute Gasteiger partial charge is 0.505 e. The van der Waals surface area contributed by atoms with Crippen LogP contribution in [0, 0.1) is 0 Å². The third-order valence-corrected chi connectivity index (χ3v) is 2.97. The second-order valence-electron chi connectivity index (χ2n) is 3.29. The number of pyridine rings is 1. The van der Waals surface area contributed by atoms with Crippen molar-refractivity contribution in [3.8, 4) is 5.75 Å². The molecule has 0 atom stereocenters. The zero-order valence-electron chi connectivity index (χ0n) is 8.12. The van der Waals surface area contributed by atoms with Gasteiger partial charge in [0.1, 0.15) is 0 Å². The molecule has 0 saturated heterocycles. The van der Waals surface area contributed by atoms with Crippen LogP contribution in [0.5, 0.6) is 5.75 Å². The number of hydrogen-bond acceptors (Lipinski definition) is 3. The number of H-pyrrole nitrogens is 1. The minimum absolute atomic E-state index is 0.0422. The number of aromatic hydroxyl groups is 1. The van der Waals surface area contributed by atoms with Crippen molar-refractivity contribution in [2.24, 2.45) is 0 Å². The molecule has 0 aliphatic rings. The zero-order chi connectivity index (χ0) is 12.7. The van der Waals surface area contributed by atoms with Crippen LogP contribution in [0.1, 0.15) is 10.5 Å². The van der Waals surface area contributed by atoms with E-state index >= 15 is 0 Å². The summed E-state index contributed by atoms with van der Waals surface area (Å²) >= 11 is 11.5. The van der Waals surface area contributed by atoms with Crippen molar-refractivity contribution in [2.45, 2.75) is 0 Å². The molecule has 2 aromatic rings. The minimum atomic E-state index is -1.44. The number of aromatic carboxylic acids is 1. The van der Waals surface area contributed by atoms with Gasteiger partial charge in [0.2, 0.25) is 0 Å². The van der Waals surface area contributed by atoms with Gasteiger partial charge in [-0.3, -0.25) is 4.79 Å². The van der Waals surface area contributed by atoms with Gasteiger partial charge in [-0.05, 0) is 12.1 Å². The first-order valence-corrected chi connectivity index (χ1v) is 5.14. The minimum Gasteiger partial charge on any atom is -0.505 e. The molecule has 5 nitrogen and oxygen atoms in total. The van der Waals surface area contributed by atoms with Crippen molar-refractivity contribution < 1.29 is 15.0 Å². The Bertz CT molecular complexity index is 693. The average Bonchev–Trinajstić information content (AvgIpc) is 2.25. The van der Waals surface area contributed by atoms with Crippen LogP contribution in [0.15, 0.2) is 16.9 Å². The van der Waals surface area contributed by atoms with Crippen LogP contribution < -0.4 is 5.56 Å². The van der Waals surface area contributed by atoms with Gasteiger partial charge in [-0.15, -0.1) is 0 Å². The summed E-state index contributed by atoms with van der Waals surface area (Å²) in [7, 11) is 0. The standard InChI is InChI=1S/C10H5Cl2NO4/c11-5-1-3-4(2-6(5)12)9(15)13-7(8(3)14)10(16)17/h1-2,14H,(H,13,15)(H,16,17). The van der Waals surface area contributed by atoms with Gasteiger partial charge in [0.25, 0.3) is 5.56 Å². The third-order valence-electron chi connectivity index (χ3n) is 2.25. The molecule has 88 valence electrons. The Morgan fingerprint density at radius 2 is 1.71 bits per heavy atom. The lowest BCUT2D eigenvalue weighted by atomic mass is 10.1. The SMILES string of the molecule is O=C(O)c1[nH]c(=O)c2cc(Cl)c(Cl)cc2c1O. The molecule has 0 aliphatic carbocycles. The molecule has 3 N–H and O–H groups in total. The Balaban J connectivity index is 2.99. The van der Waals surface area contributed by atoms with Gasteiger partial charge in [-0.1, -0.05) is 23.2 Å². The van der Waals surface area contributed by atoms with E-state index in [1.165, 1.54) is 12.1 Å². The number of fused-ring (bicyclic) bond motifs is 1. The van der Waals surface area contributed by atoms with Crippen LogP contribution in [0.4, 0.5) is 0 Å². The number of carboxylic acid groups (broad SMARTS) is 1. The lowest BCUT2D eigenvalue weighted by Crippen LogP contribution is -2.13. The fourth-order valence-corrected chi connectivity index (χ4v) is 1.79. The maximum atomic E-state index is 11.6. The Kier molecular flexibility index (Phi) is 2.73. The summed E-state index contributed by atoms with van der Waals surface area (Å²) in [6.07, 6.45) is 0. The van der Waals surface area contributed by atoms with Gasteiger partial charge in [0.15, 0.2) is 11.4 Å². The molecule has 0 amide bonds. The number of nitrogens with one attached hydrogen (secondary N) is 1. The van der Waals surface area contributed by atoms with Gasteiger partial charge in [0, 0.05) is 5.39 Å². The quantitative estimate of drug-likeness (QED) is 0.743. The second-order valence-corrected chi connectivity index (χ2v) is 4.11. The molecule has 0 saturated carbocycles. The lowest BCUT2D eigenvalue weighted by Gasteiger charge is -2.05. The monoisotopic (exact) mass is 273 g/mol. The van der Waals surface area contributed by atoms with Crippen LogP contribution in [0.3, 0.4) is 0 Å². The highest BCUT2D eigenvalue weighted by Gasteiger charge is 2.17. The van der Waals surface area contributed by atoms with E-state index in [1.54, 1.807) is 0 Å². The zero-order valence-corrected chi connectivity index (χ0v) is 9.63. The number of aromatic amines is 1. The molecule has 0 bridgehead atoms. The van der Waals surface area contributed by atoms with E-state index in [-0.39, 0.29) is 20.8 Å². The molecule has 17 heavy (non-hydrogen) atoms. The number of hydrogen-bond donors (Lipinski definition) is 3. The maximum absolute atomic E-state index is 11.6. The lowest BCUT2D eigenvalue weighted by molar-refractivity contribution is 0.0687. The molecule has 1 aromatic heterocycles. The van der Waals surface area contributed by atoms with Gasteiger partial charge < -0.3 is 15.2 Å². The van der Waals surface area contributed by atoms with Crippen LogP contribution in [0.2, 0.25) is 10.0 Å².